The van der Waals surface area contributed by atoms with E-state index in [1.165, 1.54) is 0 Å². The summed E-state index contributed by atoms with van der Waals surface area (Å²) in [5, 5.41) is 3.26. The molecule has 0 aliphatic carbocycles. The summed E-state index contributed by atoms with van der Waals surface area (Å²) in [5.74, 6) is 0.349. The molecule has 0 fully saturated rings. The Balaban J connectivity index is 2.54. The fraction of sp³-hybridized carbons (Fsp3) is 0.455. The fourth-order valence-electron chi connectivity index (χ4n) is 1.25. The average molecular weight is 243 g/mol. The van der Waals surface area contributed by atoms with Crippen molar-refractivity contribution in [2.45, 2.75) is 19.9 Å². The maximum Gasteiger partial charge on any atom is 0.306 e. The van der Waals surface area contributed by atoms with Crippen molar-refractivity contribution in [1.82, 2.24) is 5.32 Å². The van der Waals surface area contributed by atoms with Gasteiger partial charge in [-0.15, -0.1) is 0 Å². The molecular weight excluding hydrogens is 226 g/mol. The van der Waals surface area contributed by atoms with Crippen LogP contribution >= 0.6 is 0 Å². The molecule has 0 bridgehead atoms. The third-order valence-electron chi connectivity index (χ3n) is 1.93. The predicted octanol–water partition coefficient (Wildman–Crippen LogP) is 1.52. The largest absolute Gasteiger partial charge is 0.383 e. The van der Waals surface area contributed by atoms with Gasteiger partial charge in [-0.25, -0.2) is 0 Å². The highest BCUT2D eigenvalue weighted by atomic mass is 32.2. The Labute approximate surface area is 96.8 Å². The summed E-state index contributed by atoms with van der Waals surface area (Å²) >= 11 is 0. The van der Waals surface area contributed by atoms with Crippen molar-refractivity contribution in [3.8, 4) is 5.75 Å². The van der Waals surface area contributed by atoms with Gasteiger partial charge in [0, 0.05) is 6.54 Å². The Hall–Kier alpha value is -1.07. The molecule has 0 saturated carbocycles. The lowest BCUT2D eigenvalue weighted by Crippen LogP contribution is -2.13. The lowest BCUT2D eigenvalue weighted by molar-refractivity contribution is 0.493. The molecule has 1 aromatic carbocycles. The van der Waals surface area contributed by atoms with E-state index in [0.717, 1.165) is 31.3 Å². The minimum Gasteiger partial charge on any atom is -0.383 e. The molecule has 0 radical (unpaired) electrons. The average Bonchev–Trinajstić information content (AvgIpc) is 2.19. The highest BCUT2D eigenvalue weighted by Crippen LogP contribution is 2.13. The molecule has 5 heteroatoms. The number of hydrogen-bond acceptors (Lipinski definition) is 4. The van der Waals surface area contributed by atoms with Gasteiger partial charge in [0.05, 0.1) is 6.26 Å². The van der Waals surface area contributed by atoms with E-state index < -0.39 is 10.1 Å². The molecule has 0 aliphatic rings. The van der Waals surface area contributed by atoms with Crippen LogP contribution in [0.4, 0.5) is 0 Å². The minimum atomic E-state index is -3.43. The summed E-state index contributed by atoms with van der Waals surface area (Å²) in [5.41, 5.74) is 1.11. The summed E-state index contributed by atoms with van der Waals surface area (Å²) in [4.78, 5) is 0. The second kappa shape index (κ2) is 5.86. The van der Waals surface area contributed by atoms with Crippen molar-refractivity contribution in [2.24, 2.45) is 0 Å². The molecular formula is C11H17NO3S. The SMILES string of the molecule is CCCNCc1ccc(OS(C)(=O)=O)cc1. The number of hydrogen-bond donors (Lipinski definition) is 1. The zero-order valence-corrected chi connectivity index (χ0v) is 10.4. The van der Waals surface area contributed by atoms with Crippen molar-refractivity contribution >= 4 is 10.1 Å². The molecule has 1 N–H and O–H groups in total. The van der Waals surface area contributed by atoms with E-state index in [0.29, 0.717) is 5.75 Å². The van der Waals surface area contributed by atoms with Crippen LogP contribution in [0.2, 0.25) is 0 Å². The van der Waals surface area contributed by atoms with Crippen LogP contribution in [0, 0.1) is 0 Å². The first-order valence-corrected chi connectivity index (χ1v) is 7.02. The van der Waals surface area contributed by atoms with Crippen LogP contribution in [0.3, 0.4) is 0 Å². The van der Waals surface area contributed by atoms with Gasteiger partial charge in [0.2, 0.25) is 0 Å². The fourth-order valence-corrected chi connectivity index (χ4v) is 1.71. The molecule has 0 heterocycles. The van der Waals surface area contributed by atoms with E-state index in [-0.39, 0.29) is 0 Å². The van der Waals surface area contributed by atoms with E-state index >= 15 is 0 Å². The Bertz CT molecular complexity index is 411. The molecule has 4 nitrogen and oxygen atoms in total. The highest BCUT2D eigenvalue weighted by molar-refractivity contribution is 7.86. The van der Waals surface area contributed by atoms with Gasteiger partial charge in [-0.1, -0.05) is 19.1 Å². The zero-order chi connectivity index (χ0) is 12.0. The van der Waals surface area contributed by atoms with Gasteiger partial charge in [0.15, 0.2) is 0 Å². The van der Waals surface area contributed by atoms with Gasteiger partial charge in [-0.2, -0.15) is 8.42 Å². The first-order chi connectivity index (χ1) is 7.51. The van der Waals surface area contributed by atoms with Crippen LogP contribution in [-0.2, 0) is 16.7 Å². The highest BCUT2D eigenvalue weighted by Gasteiger charge is 2.03. The van der Waals surface area contributed by atoms with E-state index in [1.54, 1.807) is 12.1 Å². The van der Waals surface area contributed by atoms with Crippen molar-refractivity contribution in [3.05, 3.63) is 29.8 Å². The monoisotopic (exact) mass is 243 g/mol. The Morgan fingerprint density at radius 3 is 2.38 bits per heavy atom. The topological polar surface area (TPSA) is 55.4 Å². The first-order valence-electron chi connectivity index (χ1n) is 5.20. The van der Waals surface area contributed by atoms with E-state index in [9.17, 15) is 8.42 Å². The molecule has 0 aromatic heterocycles. The second-order valence-corrected chi connectivity index (χ2v) is 5.18. The molecule has 16 heavy (non-hydrogen) atoms. The van der Waals surface area contributed by atoms with Crippen LogP contribution in [0.1, 0.15) is 18.9 Å². The number of benzene rings is 1. The van der Waals surface area contributed by atoms with Crippen molar-refractivity contribution < 1.29 is 12.6 Å². The molecule has 1 aromatic rings. The summed E-state index contributed by atoms with van der Waals surface area (Å²) in [7, 11) is -3.43. The van der Waals surface area contributed by atoms with Gasteiger partial charge < -0.3 is 9.50 Å². The maximum absolute atomic E-state index is 10.9. The van der Waals surface area contributed by atoms with Gasteiger partial charge in [0.25, 0.3) is 0 Å². The van der Waals surface area contributed by atoms with Crippen LogP contribution in [0.5, 0.6) is 5.75 Å². The normalized spacial score (nSPS) is 11.4. The van der Waals surface area contributed by atoms with Crippen LogP contribution in [-0.4, -0.2) is 21.2 Å². The van der Waals surface area contributed by atoms with Crippen molar-refractivity contribution in [1.29, 1.82) is 0 Å². The van der Waals surface area contributed by atoms with Gasteiger partial charge >= 0.3 is 10.1 Å². The quantitative estimate of drug-likeness (QED) is 0.608. The lowest BCUT2D eigenvalue weighted by atomic mass is 10.2. The first kappa shape index (κ1) is 13.0. The van der Waals surface area contributed by atoms with Crippen molar-refractivity contribution in [3.63, 3.8) is 0 Å². The third-order valence-corrected chi connectivity index (χ3v) is 2.42. The van der Waals surface area contributed by atoms with Crippen LogP contribution in [0.15, 0.2) is 24.3 Å². The zero-order valence-electron chi connectivity index (χ0n) is 9.56. The molecule has 0 saturated heterocycles. The van der Waals surface area contributed by atoms with E-state index in [1.807, 2.05) is 12.1 Å². The molecule has 90 valence electrons. The molecule has 0 spiro atoms. The van der Waals surface area contributed by atoms with Gasteiger partial charge in [-0.05, 0) is 30.7 Å². The maximum atomic E-state index is 10.9. The van der Waals surface area contributed by atoms with Gasteiger partial charge in [-0.3, -0.25) is 0 Å². The molecule has 0 unspecified atom stereocenters. The smallest absolute Gasteiger partial charge is 0.306 e. The third kappa shape index (κ3) is 5.14. The van der Waals surface area contributed by atoms with E-state index in [2.05, 4.69) is 12.2 Å². The Morgan fingerprint density at radius 1 is 1.25 bits per heavy atom. The lowest BCUT2D eigenvalue weighted by Gasteiger charge is -2.05. The summed E-state index contributed by atoms with van der Waals surface area (Å²) < 4.78 is 26.5. The summed E-state index contributed by atoms with van der Waals surface area (Å²) in [6.07, 6.45) is 2.12. The van der Waals surface area contributed by atoms with Gasteiger partial charge in [0.1, 0.15) is 5.75 Å². The predicted molar refractivity (Wildman–Crippen MR) is 63.9 cm³/mol. The van der Waals surface area contributed by atoms with Crippen molar-refractivity contribution in [2.75, 3.05) is 12.8 Å². The Morgan fingerprint density at radius 2 is 1.88 bits per heavy atom. The van der Waals surface area contributed by atoms with Crippen LogP contribution < -0.4 is 9.50 Å². The van der Waals surface area contributed by atoms with E-state index in [4.69, 9.17) is 4.18 Å². The molecule has 1 rings (SSSR count). The summed E-state index contributed by atoms with van der Waals surface area (Å²) in [6, 6.07) is 7.01. The summed E-state index contributed by atoms with van der Waals surface area (Å²) in [6.45, 7) is 3.87. The Kier molecular flexibility index (Phi) is 4.76. The molecule has 0 amide bonds. The molecule has 0 aliphatic heterocycles. The number of rotatable bonds is 6. The standard InChI is InChI=1S/C11H17NO3S/c1-3-8-12-9-10-4-6-11(7-5-10)15-16(2,13)14/h4-7,12H,3,8-9H2,1-2H3. The number of nitrogens with one attached hydrogen (secondary N) is 1. The molecule has 0 atom stereocenters. The van der Waals surface area contributed by atoms with Crippen LogP contribution in [0.25, 0.3) is 0 Å². The minimum absolute atomic E-state index is 0.349. The second-order valence-electron chi connectivity index (χ2n) is 3.61.